The van der Waals surface area contributed by atoms with Crippen LogP contribution in [0.15, 0.2) is 66.2 Å². The van der Waals surface area contributed by atoms with E-state index in [0.717, 1.165) is 18.2 Å². The van der Waals surface area contributed by atoms with E-state index in [1.807, 2.05) is 4.72 Å². The molecule has 4 rings (SSSR count). The fourth-order valence-corrected chi connectivity index (χ4v) is 5.70. The second kappa shape index (κ2) is 11.7. The average Bonchev–Trinajstić information content (AvgIpc) is 3.34. The Morgan fingerprint density at radius 1 is 1.13 bits per heavy atom. The lowest BCUT2D eigenvalue weighted by atomic mass is 10.1. The topological polar surface area (TPSA) is 140 Å². The number of hydrogen-bond donors (Lipinski definition) is 3. The van der Waals surface area contributed by atoms with Crippen LogP contribution in [-0.2, 0) is 21.2 Å². The predicted molar refractivity (Wildman–Crippen MR) is 142 cm³/mol. The zero-order chi connectivity index (χ0) is 28.2. The van der Waals surface area contributed by atoms with E-state index in [9.17, 15) is 22.0 Å². The molecule has 2 heterocycles. The molecule has 0 fully saturated rings. The smallest absolute Gasteiger partial charge is 0.265 e. The summed E-state index contributed by atoms with van der Waals surface area (Å²) in [6, 6.07) is 7.39. The van der Waals surface area contributed by atoms with Gasteiger partial charge in [-0.2, -0.15) is 0 Å². The van der Waals surface area contributed by atoms with Crippen molar-refractivity contribution in [3.05, 3.63) is 83.8 Å². The molecule has 0 aliphatic heterocycles. The van der Waals surface area contributed by atoms with Crippen LogP contribution in [-0.4, -0.2) is 35.8 Å². The maximum absolute atomic E-state index is 15.8. The third-order valence-electron chi connectivity index (χ3n) is 5.26. The van der Waals surface area contributed by atoms with Crippen LogP contribution in [0.3, 0.4) is 0 Å². The zero-order valence-corrected chi connectivity index (χ0v) is 21.8. The summed E-state index contributed by atoms with van der Waals surface area (Å²) >= 11 is 1.22. The Kier molecular flexibility index (Phi) is 8.38. The van der Waals surface area contributed by atoms with Crippen molar-refractivity contribution in [1.29, 1.82) is 0 Å². The second-order valence-electron chi connectivity index (χ2n) is 7.98. The van der Waals surface area contributed by atoms with Crippen molar-refractivity contribution in [3.63, 3.8) is 0 Å². The molecule has 0 atom stereocenters. The minimum atomic E-state index is -4.68. The molecule has 4 aromatic rings. The summed E-state index contributed by atoms with van der Waals surface area (Å²) in [7, 11) is -4.68. The number of aryl methyl sites for hydroxylation is 1. The van der Waals surface area contributed by atoms with E-state index in [2.05, 4.69) is 26.8 Å². The van der Waals surface area contributed by atoms with Crippen LogP contribution in [0, 0.1) is 17.5 Å². The maximum Gasteiger partial charge on any atom is 0.265 e. The highest BCUT2D eigenvalue weighted by Gasteiger charge is 2.25. The lowest BCUT2D eigenvalue weighted by Gasteiger charge is -2.12. The molecule has 0 saturated carbocycles. The molecular weight excluding hydrogens is 553 g/mol. The number of carbonyl (C=O) groups excluding carboxylic acids is 1. The largest absolute Gasteiger partial charge is 0.330 e. The molecule has 0 aliphatic carbocycles. The lowest BCUT2D eigenvalue weighted by molar-refractivity contribution is -0.111. The van der Waals surface area contributed by atoms with Gasteiger partial charge in [0.2, 0.25) is 11.9 Å². The Bertz CT molecular complexity index is 1660. The van der Waals surface area contributed by atoms with Crippen LogP contribution in [0.25, 0.3) is 21.8 Å². The number of nitrogens with one attached hydrogen (secondary N) is 2. The van der Waals surface area contributed by atoms with E-state index in [1.165, 1.54) is 29.7 Å². The molecule has 0 unspecified atom stereocenters. The summed E-state index contributed by atoms with van der Waals surface area (Å²) in [5.74, 6) is -3.71. The summed E-state index contributed by atoms with van der Waals surface area (Å²) < 4.78 is 71.1. The molecule has 4 N–H and O–H groups in total. The number of halogens is 3. The highest BCUT2D eigenvalue weighted by molar-refractivity contribution is 7.92. The number of hydrogen-bond acceptors (Lipinski definition) is 8. The Hall–Kier alpha value is -4.14. The fourth-order valence-electron chi connectivity index (χ4n) is 3.46. The van der Waals surface area contributed by atoms with Crippen LogP contribution >= 0.6 is 11.3 Å². The van der Waals surface area contributed by atoms with Crippen molar-refractivity contribution in [2.75, 3.05) is 16.6 Å². The molecule has 0 spiro atoms. The number of carbonyl (C=O) groups is 1. The highest BCUT2D eigenvalue weighted by Crippen LogP contribution is 2.39. The van der Waals surface area contributed by atoms with Gasteiger partial charge < -0.3 is 5.73 Å². The number of nitrogens with zero attached hydrogens (tertiary/aromatic N) is 3. The lowest BCUT2D eigenvalue weighted by Crippen LogP contribution is -2.16. The predicted octanol–water partition coefficient (Wildman–Crippen LogP) is 4.50. The first-order valence-corrected chi connectivity index (χ1v) is 13.7. The second-order valence-corrected chi connectivity index (χ2v) is 10.7. The first kappa shape index (κ1) is 27.9. The fraction of sp³-hybridized carbons (Fsp3) is 0.120. The number of aromatic nitrogens is 3. The zero-order valence-electron chi connectivity index (χ0n) is 20.1. The molecule has 0 bridgehead atoms. The van der Waals surface area contributed by atoms with Crippen molar-refractivity contribution in [2.24, 2.45) is 5.73 Å². The van der Waals surface area contributed by atoms with Gasteiger partial charge in [-0.25, -0.2) is 36.5 Å². The van der Waals surface area contributed by atoms with Gasteiger partial charge in [-0.15, -0.1) is 11.3 Å². The number of sulfonamides is 1. The van der Waals surface area contributed by atoms with Crippen LogP contribution in [0.1, 0.15) is 11.4 Å². The van der Waals surface area contributed by atoms with Gasteiger partial charge in [-0.3, -0.25) is 14.8 Å². The molecule has 14 heteroatoms. The molecule has 2 aromatic carbocycles. The van der Waals surface area contributed by atoms with E-state index in [4.69, 9.17) is 5.73 Å². The Labute approximate surface area is 225 Å². The Balaban J connectivity index is 1.79. The molecule has 0 aliphatic rings. The van der Waals surface area contributed by atoms with Crippen LogP contribution in [0.4, 0.5) is 24.8 Å². The minimum absolute atomic E-state index is 0.0145. The van der Waals surface area contributed by atoms with Gasteiger partial charge in [0, 0.05) is 18.2 Å². The van der Waals surface area contributed by atoms with Crippen LogP contribution in [0.2, 0.25) is 0 Å². The van der Waals surface area contributed by atoms with E-state index in [1.54, 1.807) is 6.07 Å². The van der Waals surface area contributed by atoms with Crippen molar-refractivity contribution < 1.29 is 26.4 Å². The monoisotopic (exact) mass is 574 g/mol. The van der Waals surface area contributed by atoms with E-state index in [-0.39, 0.29) is 17.2 Å². The number of anilines is 2. The third-order valence-corrected chi connectivity index (χ3v) is 7.77. The summed E-state index contributed by atoms with van der Waals surface area (Å²) in [5, 5.41) is 3.07. The van der Waals surface area contributed by atoms with Gasteiger partial charge in [-0.05, 0) is 55.4 Å². The average molecular weight is 575 g/mol. The minimum Gasteiger partial charge on any atom is -0.330 e. The Morgan fingerprint density at radius 2 is 1.92 bits per heavy atom. The maximum atomic E-state index is 15.8. The molecule has 1 amide bonds. The first-order valence-electron chi connectivity index (χ1n) is 11.4. The summed E-state index contributed by atoms with van der Waals surface area (Å²) in [6.45, 7) is 3.78. The van der Waals surface area contributed by atoms with Gasteiger partial charge in [-0.1, -0.05) is 12.6 Å². The molecule has 2 aromatic heterocycles. The van der Waals surface area contributed by atoms with Crippen molar-refractivity contribution in [3.8, 4) is 21.8 Å². The van der Waals surface area contributed by atoms with Crippen LogP contribution in [0.5, 0.6) is 0 Å². The number of thiazole rings is 1. The van der Waals surface area contributed by atoms with E-state index >= 15 is 4.39 Å². The molecule has 0 saturated heterocycles. The van der Waals surface area contributed by atoms with Crippen molar-refractivity contribution in [2.45, 2.75) is 17.7 Å². The standard InChI is InChI=1S/C25H21F3N6O3S2/c1-2-20(35)32-25-30-12-10-18(31-25)24-23(33-21(38-24)7-4-11-29)15-5-3-6-17(22(15)28)34-39(36,37)19-13-14(26)8-9-16(19)27/h2-3,5-6,8-10,12-13,34H,1,4,7,11,29H2,(H,30,31,32,35). The molecule has 9 nitrogen and oxygen atoms in total. The van der Waals surface area contributed by atoms with Gasteiger partial charge >= 0.3 is 0 Å². The van der Waals surface area contributed by atoms with Crippen molar-refractivity contribution >= 4 is 38.9 Å². The van der Waals surface area contributed by atoms with Crippen molar-refractivity contribution in [1.82, 2.24) is 15.0 Å². The number of nitrogens with two attached hydrogens (primary N) is 1. The first-order chi connectivity index (χ1) is 18.6. The van der Waals surface area contributed by atoms with E-state index in [0.29, 0.717) is 47.1 Å². The number of amides is 1. The summed E-state index contributed by atoms with van der Waals surface area (Å²) in [4.78, 5) is 24.0. The van der Waals surface area contributed by atoms with E-state index < -0.39 is 44.0 Å². The molecule has 39 heavy (non-hydrogen) atoms. The molecule has 0 radical (unpaired) electrons. The molecular formula is C25H21F3N6O3S2. The van der Waals surface area contributed by atoms with Crippen LogP contribution < -0.4 is 15.8 Å². The highest BCUT2D eigenvalue weighted by atomic mass is 32.2. The number of rotatable bonds is 10. The normalized spacial score (nSPS) is 11.3. The van der Waals surface area contributed by atoms with Gasteiger partial charge in [0.15, 0.2) is 5.82 Å². The Morgan fingerprint density at radius 3 is 2.67 bits per heavy atom. The number of benzene rings is 2. The SMILES string of the molecule is C=CC(=O)Nc1nccc(-c2sc(CCCN)nc2-c2cccc(NS(=O)(=O)c3cc(F)ccc3F)c2F)n1. The van der Waals surface area contributed by atoms with Gasteiger partial charge in [0.1, 0.15) is 16.5 Å². The van der Waals surface area contributed by atoms with Gasteiger partial charge in [0.05, 0.1) is 27.0 Å². The molecule has 202 valence electrons. The van der Waals surface area contributed by atoms with Gasteiger partial charge in [0.25, 0.3) is 10.0 Å². The summed E-state index contributed by atoms with van der Waals surface area (Å²) in [6.07, 6.45) is 3.56. The quantitative estimate of drug-likeness (QED) is 0.237. The summed E-state index contributed by atoms with van der Waals surface area (Å²) in [5.41, 5.74) is 5.53. The third kappa shape index (κ3) is 6.30.